The van der Waals surface area contributed by atoms with Gasteiger partial charge in [0, 0.05) is 0 Å². The summed E-state index contributed by atoms with van der Waals surface area (Å²) in [5, 5.41) is 17.6. The second-order valence-corrected chi connectivity index (χ2v) is 8.41. The fourth-order valence-electron chi connectivity index (χ4n) is 3.75. The number of aromatic hydroxyl groups is 1. The topological polar surface area (TPSA) is 96.7 Å². The summed E-state index contributed by atoms with van der Waals surface area (Å²) >= 11 is 0. The molecular weight excluding hydrogens is 713 g/mol. The van der Waals surface area contributed by atoms with Crippen molar-refractivity contribution in [1.82, 2.24) is 0 Å². The van der Waals surface area contributed by atoms with Crippen LogP contribution in [0.3, 0.4) is 0 Å². The number of nitrogens with one attached hydrogen (secondary N) is 1. The van der Waals surface area contributed by atoms with Crippen LogP contribution in [0.15, 0.2) is 35.1 Å². The normalized spacial score (nSPS) is 13.5. The minimum Gasteiger partial charge on any atom is -0.519 e. The van der Waals surface area contributed by atoms with E-state index in [9.17, 15) is 27.9 Å². The Labute approximate surface area is 240 Å². The monoisotopic (exact) mass is 747 g/mol. The number of carbonyl (C=O) groups excluding carboxylic acids is 2. The molecule has 2 N–H and O–H groups in total. The number of methoxy groups -OCH3 is 1. The maximum atomic E-state index is 12.6. The number of phenolic OH excluding ortho intramolecular Hbond substituents is 1. The molecule has 202 valence electrons. The molecule has 0 spiro atoms. The van der Waals surface area contributed by atoms with Gasteiger partial charge in [-0.05, 0) is 31.0 Å². The maximum absolute atomic E-state index is 12.6. The molecule has 0 bridgehead atoms. The summed E-state index contributed by atoms with van der Waals surface area (Å²) in [5.41, 5.74) is 0.161. The van der Waals surface area contributed by atoms with Crippen LogP contribution in [0, 0.1) is 50.0 Å². The summed E-state index contributed by atoms with van der Waals surface area (Å²) < 4.78 is 47.9. The van der Waals surface area contributed by atoms with Gasteiger partial charge in [0.25, 0.3) is 0 Å². The Bertz CT molecular complexity index is 1000. The molecule has 1 aliphatic rings. The smallest absolute Gasteiger partial charge is 0.519 e. The van der Waals surface area contributed by atoms with Crippen LogP contribution in [0.2, 0.25) is 0 Å². The van der Waals surface area contributed by atoms with Crippen LogP contribution < -0.4 is 0 Å². The molecule has 6 nitrogen and oxygen atoms in total. The van der Waals surface area contributed by atoms with E-state index in [4.69, 9.17) is 14.9 Å². The van der Waals surface area contributed by atoms with Crippen molar-refractivity contribution in [2.45, 2.75) is 70.9 Å². The Balaban J connectivity index is 0.00000648. The summed E-state index contributed by atoms with van der Waals surface area (Å²) in [5.74, 6) is -1.69. The molecule has 0 aliphatic heterocycles. The summed E-state index contributed by atoms with van der Waals surface area (Å²) in [7, 11) is 1.40. The van der Waals surface area contributed by atoms with E-state index in [1.54, 1.807) is 6.92 Å². The predicted molar refractivity (Wildman–Crippen MR) is 131 cm³/mol. The van der Waals surface area contributed by atoms with Crippen molar-refractivity contribution in [1.29, 1.82) is 5.41 Å². The summed E-state index contributed by atoms with van der Waals surface area (Å²) in [6.45, 7) is 1.89. The molecule has 0 atom stereocenters. The molecule has 2 rings (SSSR count). The number of hydrogen-bond acceptors (Lipinski definition) is 6. The zero-order valence-corrected chi connectivity index (χ0v) is 25.7. The minimum atomic E-state index is -4.60. The Morgan fingerprint density at radius 1 is 1.05 bits per heavy atom. The molecule has 0 amide bonds. The molecule has 1 aromatic carbocycles. The van der Waals surface area contributed by atoms with Gasteiger partial charge in [0.05, 0.1) is 25.0 Å². The number of rotatable bonds is 13. The van der Waals surface area contributed by atoms with Crippen LogP contribution >= 0.6 is 0 Å². The van der Waals surface area contributed by atoms with Crippen molar-refractivity contribution >= 4 is 17.5 Å². The molecule has 0 saturated carbocycles. The van der Waals surface area contributed by atoms with E-state index in [0.29, 0.717) is 30.1 Å². The minimum absolute atomic E-state index is 0. The van der Waals surface area contributed by atoms with Gasteiger partial charge < -0.3 is 32.2 Å². The van der Waals surface area contributed by atoms with Crippen molar-refractivity contribution in [3.63, 3.8) is 0 Å². The first kappa shape index (κ1) is 35.0. The third-order valence-corrected chi connectivity index (χ3v) is 5.85. The van der Waals surface area contributed by atoms with Gasteiger partial charge in [0.15, 0.2) is 0 Å². The van der Waals surface area contributed by atoms with Gasteiger partial charge in [-0.1, -0.05) is 57.6 Å². The number of Topliss-reactive ketones (excluding diaryl/α,β-unsaturated/α-hetero) is 1. The summed E-state index contributed by atoms with van der Waals surface area (Å²) in [4.78, 5) is 24.3. The van der Waals surface area contributed by atoms with E-state index >= 15 is 0 Å². The van der Waals surface area contributed by atoms with Crippen molar-refractivity contribution in [2.75, 3.05) is 13.7 Å². The number of carbonyl (C=O) groups is 2. The van der Waals surface area contributed by atoms with E-state index in [0.717, 1.165) is 57.1 Å². The third kappa shape index (κ3) is 10.7. The molecule has 0 fully saturated rings. The first-order valence-corrected chi connectivity index (χ1v) is 11.6. The number of allylic oxidation sites excluding steroid dienone is 3. The maximum Gasteiger partial charge on any atom is 2.00 e. The number of phenols is 1. The summed E-state index contributed by atoms with van der Waals surface area (Å²) in [6, 6.07) is 2.16. The van der Waals surface area contributed by atoms with Crippen LogP contribution in [0.4, 0.5) is 13.2 Å². The Kier molecular flexibility index (Phi) is 15.8. The average molecular weight is 748 g/mol. The van der Waals surface area contributed by atoms with Gasteiger partial charge in [0.2, 0.25) is 0 Å². The molecule has 10 heteroatoms. The van der Waals surface area contributed by atoms with Gasteiger partial charge >= 0.3 is 43.3 Å². The van der Waals surface area contributed by atoms with Crippen LogP contribution in [0.5, 0.6) is 5.75 Å². The average Bonchev–Trinajstić information content (AvgIpc) is 2.80. The number of esters is 1. The molecule has 0 unspecified atom stereocenters. The third-order valence-electron chi connectivity index (χ3n) is 5.85. The quantitative estimate of drug-likeness (QED) is 0.100. The number of hydrogen-bond donors (Lipinski definition) is 2. The zero-order chi connectivity index (χ0) is 26.0. The van der Waals surface area contributed by atoms with Gasteiger partial charge in [-0.15, -0.1) is 17.2 Å². The van der Waals surface area contributed by atoms with E-state index < -0.39 is 23.5 Å². The summed E-state index contributed by atoms with van der Waals surface area (Å²) in [6.07, 6.45) is 6.01. The first-order chi connectivity index (χ1) is 16.6. The molecule has 0 aromatic heterocycles. The first-order valence-electron chi connectivity index (χ1n) is 11.6. The second-order valence-electron chi connectivity index (χ2n) is 8.41. The molecule has 0 radical (unpaired) electrons. The van der Waals surface area contributed by atoms with Crippen molar-refractivity contribution in [3.05, 3.63) is 59.7 Å². The predicted octanol–water partition coefficient (Wildman–Crippen LogP) is 6.78. The van der Waals surface area contributed by atoms with Gasteiger partial charge in [-0.25, -0.2) is 4.79 Å². The van der Waals surface area contributed by atoms with Crippen molar-refractivity contribution < 1.29 is 68.5 Å². The van der Waals surface area contributed by atoms with Crippen LogP contribution in [-0.2, 0) is 20.4 Å². The fraction of sp³-hybridized carbons (Fsp3) is 0.481. The molecule has 0 saturated heterocycles. The molecule has 1 aliphatic carbocycles. The number of halogens is 3. The SMILES string of the molecule is COC1=[C-]C(=N)C(C)=C(CCCCCCCCCCOC(=O)c2ccc(C(F)(F)F)cc2O)C1=O.[CH3-].[U+2]. The molecular formula is C27H34F3NO5U. The number of ether oxygens (including phenoxy) is 2. The zero-order valence-electron chi connectivity index (χ0n) is 21.5. The van der Waals surface area contributed by atoms with E-state index in [-0.39, 0.29) is 68.0 Å². The number of benzene rings is 1. The standard InChI is InChI=1S/C26H31F3NO5.CH3.U/c1-17-19(24(32)23(34-2)16-21(17)30)11-9-7-5-3-4-6-8-10-14-35-25(33)20-13-12-18(15-22(20)31)26(27,28)29;;/h12-13,15,30-31H,3-11,14H2,1-2H3;1H3;/q2*-1;+2. The molecule has 1 aromatic rings. The van der Waals surface area contributed by atoms with Crippen molar-refractivity contribution in [2.24, 2.45) is 0 Å². The van der Waals surface area contributed by atoms with Gasteiger partial charge in [0.1, 0.15) is 17.1 Å². The van der Waals surface area contributed by atoms with Crippen LogP contribution in [0.25, 0.3) is 0 Å². The van der Waals surface area contributed by atoms with E-state index in [1.165, 1.54) is 7.11 Å². The second kappa shape index (κ2) is 16.7. The molecule has 37 heavy (non-hydrogen) atoms. The van der Waals surface area contributed by atoms with Crippen LogP contribution in [0.1, 0.15) is 80.6 Å². The van der Waals surface area contributed by atoms with E-state index in [2.05, 4.69) is 6.08 Å². The van der Waals surface area contributed by atoms with Crippen LogP contribution in [-0.4, -0.2) is 36.3 Å². The molecule has 0 heterocycles. The Morgan fingerprint density at radius 2 is 1.62 bits per heavy atom. The van der Waals surface area contributed by atoms with Gasteiger partial charge in [-0.3, -0.25) is 0 Å². The fourth-order valence-corrected chi connectivity index (χ4v) is 3.75. The van der Waals surface area contributed by atoms with Gasteiger partial charge in [-0.2, -0.15) is 13.2 Å². The van der Waals surface area contributed by atoms with E-state index in [1.807, 2.05) is 0 Å². The Morgan fingerprint density at radius 3 is 2.16 bits per heavy atom. The number of ketones is 1. The number of unbranched alkanes of at least 4 members (excludes halogenated alkanes) is 7. The van der Waals surface area contributed by atoms with Crippen molar-refractivity contribution in [3.8, 4) is 5.75 Å². The number of alkyl halides is 3. The Hall–Kier alpha value is -2.05. The largest absolute Gasteiger partial charge is 2.00 e.